The Morgan fingerprint density at radius 3 is 2.50 bits per heavy atom. The molecule has 2 rings (SSSR count). The summed E-state index contributed by atoms with van der Waals surface area (Å²) in [4.78, 5) is 28.0. The number of amides is 1. The fourth-order valence-electron chi connectivity index (χ4n) is 1.84. The Morgan fingerprint density at radius 1 is 1.30 bits per heavy atom. The lowest BCUT2D eigenvalue weighted by molar-refractivity contribution is -0.112. The highest BCUT2D eigenvalue weighted by molar-refractivity contribution is 6.47. The van der Waals surface area contributed by atoms with Gasteiger partial charge in [0, 0.05) is 18.9 Å². The largest absolute Gasteiger partial charge is 0.304 e. The van der Waals surface area contributed by atoms with Gasteiger partial charge in [-0.1, -0.05) is 11.6 Å². The van der Waals surface area contributed by atoms with Crippen molar-refractivity contribution in [3.8, 4) is 0 Å². The number of pyridine rings is 1. The van der Waals surface area contributed by atoms with Crippen LogP contribution >= 0.6 is 11.6 Å². The molecule has 0 aliphatic carbocycles. The molecule has 0 saturated heterocycles. The van der Waals surface area contributed by atoms with E-state index in [-0.39, 0.29) is 5.82 Å². The number of anilines is 1. The van der Waals surface area contributed by atoms with Crippen molar-refractivity contribution in [2.75, 3.05) is 5.32 Å². The summed E-state index contributed by atoms with van der Waals surface area (Å²) in [5.41, 5.74) is 1.49. The fourth-order valence-corrected chi connectivity index (χ4v) is 1.95. The molecule has 0 saturated carbocycles. The summed E-state index contributed by atoms with van der Waals surface area (Å²) in [5.74, 6) is -1.11. The normalized spacial score (nSPS) is 10.4. The monoisotopic (exact) mass is 292 g/mol. The van der Waals surface area contributed by atoms with E-state index >= 15 is 0 Å². The van der Waals surface area contributed by atoms with Crippen LogP contribution in [0.5, 0.6) is 0 Å². The first-order valence-corrected chi connectivity index (χ1v) is 6.25. The standard InChI is InChI=1S/C13H13ClN4O2/c1-7-11(8(2)18(3)17-7)12(19)13(20)16-10-5-4-9(14)6-15-10/h4-6H,1-3H3,(H,15,16,20). The summed E-state index contributed by atoms with van der Waals surface area (Å²) < 4.78 is 1.57. The van der Waals surface area contributed by atoms with Crippen LogP contribution in [-0.2, 0) is 11.8 Å². The first-order chi connectivity index (χ1) is 9.40. The third-order valence-corrected chi connectivity index (χ3v) is 3.13. The van der Waals surface area contributed by atoms with Gasteiger partial charge in [0.2, 0.25) is 0 Å². The molecule has 2 aromatic heterocycles. The number of Topliss-reactive ketones (excluding diaryl/α,β-unsaturated/α-hetero) is 1. The topological polar surface area (TPSA) is 76.9 Å². The Bertz CT molecular complexity index is 676. The smallest absolute Gasteiger partial charge is 0.298 e. The zero-order chi connectivity index (χ0) is 14.9. The molecule has 0 aliphatic rings. The lowest BCUT2D eigenvalue weighted by atomic mass is 10.1. The molecule has 0 aromatic carbocycles. The Hall–Kier alpha value is -2.21. The van der Waals surface area contributed by atoms with E-state index in [1.807, 2.05) is 0 Å². The van der Waals surface area contributed by atoms with Crippen molar-refractivity contribution < 1.29 is 9.59 Å². The van der Waals surface area contributed by atoms with Crippen molar-refractivity contribution in [1.29, 1.82) is 0 Å². The number of halogens is 1. The van der Waals surface area contributed by atoms with Gasteiger partial charge in [0.25, 0.3) is 11.7 Å². The van der Waals surface area contributed by atoms with Crippen LogP contribution in [0.1, 0.15) is 21.7 Å². The third-order valence-electron chi connectivity index (χ3n) is 2.91. The summed E-state index contributed by atoms with van der Waals surface area (Å²) in [6, 6.07) is 3.10. The Balaban J connectivity index is 2.21. The Morgan fingerprint density at radius 2 is 2.00 bits per heavy atom. The van der Waals surface area contributed by atoms with E-state index < -0.39 is 11.7 Å². The van der Waals surface area contributed by atoms with Crippen molar-refractivity contribution in [2.24, 2.45) is 7.05 Å². The highest BCUT2D eigenvalue weighted by atomic mass is 35.5. The van der Waals surface area contributed by atoms with Crippen LogP contribution in [0.15, 0.2) is 18.3 Å². The van der Waals surface area contributed by atoms with E-state index in [0.717, 1.165) is 0 Å². The molecule has 6 nitrogen and oxygen atoms in total. The van der Waals surface area contributed by atoms with Crippen LogP contribution in [0, 0.1) is 13.8 Å². The molecule has 104 valence electrons. The second kappa shape index (κ2) is 5.42. The van der Waals surface area contributed by atoms with E-state index in [1.54, 1.807) is 31.6 Å². The van der Waals surface area contributed by atoms with Gasteiger partial charge in [-0.3, -0.25) is 14.3 Å². The summed E-state index contributed by atoms with van der Waals surface area (Å²) in [7, 11) is 1.72. The fraction of sp³-hybridized carbons (Fsp3) is 0.231. The predicted octanol–water partition coefficient (Wildman–Crippen LogP) is 1.91. The van der Waals surface area contributed by atoms with Crippen LogP contribution in [0.3, 0.4) is 0 Å². The second-order valence-corrected chi connectivity index (χ2v) is 4.75. The molecular formula is C13H13ClN4O2. The first kappa shape index (κ1) is 14.2. The van der Waals surface area contributed by atoms with Gasteiger partial charge >= 0.3 is 0 Å². The predicted molar refractivity (Wildman–Crippen MR) is 74.9 cm³/mol. The Labute approximate surface area is 120 Å². The average molecular weight is 293 g/mol. The molecule has 0 radical (unpaired) electrons. The van der Waals surface area contributed by atoms with Gasteiger partial charge in [-0.2, -0.15) is 5.10 Å². The third kappa shape index (κ3) is 2.70. The second-order valence-electron chi connectivity index (χ2n) is 4.31. The van der Waals surface area contributed by atoms with Crippen LogP contribution in [-0.4, -0.2) is 26.5 Å². The maximum absolute atomic E-state index is 12.2. The van der Waals surface area contributed by atoms with Crippen molar-refractivity contribution in [2.45, 2.75) is 13.8 Å². The lowest BCUT2D eigenvalue weighted by Gasteiger charge is -2.04. The number of aryl methyl sites for hydroxylation is 2. The van der Waals surface area contributed by atoms with Crippen molar-refractivity contribution in [1.82, 2.24) is 14.8 Å². The van der Waals surface area contributed by atoms with Gasteiger partial charge in [-0.05, 0) is 26.0 Å². The van der Waals surface area contributed by atoms with Crippen LogP contribution in [0.25, 0.3) is 0 Å². The van der Waals surface area contributed by atoms with Crippen LogP contribution in [0.2, 0.25) is 5.02 Å². The van der Waals surface area contributed by atoms with E-state index in [0.29, 0.717) is 22.0 Å². The first-order valence-electron chi connectivity index (χ1n) is 5.87. The average Bonchev–Trinajstić information content (AvgIpc) is 2.65. The lowest BCUT2D eigenvalue weighted by Crippen LogP contribution is -2.24. The number of nitrogens with zero attached hydrogens (tertiary/aromatic N) is 3. The summed E-state index contributed by atoms with van der Waals surface area (Å²) in [6.45, 7) is 3.43. The number of aromatic nitrogens is 3. The molecule has 0 atom stereocenters. The number of hydrogen-bond acceptors (Lipinski definition) is 4. The minimum absolute atomic E-state index is 0.270. The molecule has 1 amide bonds. The van der Waals surface area contributed by atoms with E-state index in [9.17, 15) is 9.59 Å². The molecule has 0 fully saturated rings. The van der Waals surface area contributed by atoms with E-state index in [1.165, 1.54) is 12.3 Å². The summed E-state index contributed by atoms with van der Waals surface area (Å²) >= 11 is 5.70. The van der Waals surface area contributed by atoms with Crippen molar-refractivity contribution in [3.05, 3.63) is 40.3 Å². The van der Waals surface area contributed by atoms with E-state index in [2.05, 4.69) is 15.4 Å². The van der Waals surface area contributed by atoms with Gasteiger partial charge in [-0.25, -0.2) is 4.98 Å². The molecular weight excluding hydrogens is 280 g/mol. The summed E-state index contributed by atoms with van der Waals surface area (Å²) in [6.07, 6.45) is 1.39. The molecule has 2 aromatic rings. The molecule has 0 unspecified atom stereocenters. The zero-order valence-electron chi connectivity index (χ0n) is 11.3. The minimum Gasteiger partial charge on any atom is -0.304 e. The SMILES string of the molecule is Cc1nn(C)c(C)c1C(=O)C(=O)Nc1ccc(Cl)cn1. The minimum atomic E-state index is -0.751. The number of ketones is 1. The van der Waals surface area contributed by atoms with Crippen LogP contribution in [0.4, 0.5) is 5.82 Å². The molecule has 2 heterocycles. The van der Waals surface area contributed by atoms with Gasteiger partial charge in [-0.15, -0.1) is 0 Å². The van der Waals surface area contributed by atoms with E-state index in [4.69, 9.17) is 11.6 Å². The molecule has 20 heavy (non-hydrogen) atoms. The highest BCUT2D eigenvalue weighted by Gasteiger charge is 2.24. The number of rotatable bonds is 3. The van der Waals surface area contributed by atoms with Crippen LogP contribution < -0.4 is 5.32 Å². The molecule has 7 heteroatoms. The highest BCUT2D eigenvalue weighted by Crippen LogP contribution is 2.14. The molecule has 0 aliphatic heterocycles. The van der Waals surface area contributed by atoms with Crippen molar-refractivity contribution >= 4 is 29.1 Å². The maximum atomic E-state index is 12.2. The summed E-state index contributed by atoms with van der Waals surface area (Å²) in [5, 5.41) is 7.00. The van der Waals surface area contributed by atoms with Gasteiger partial charge < -0.3 is 5.32 Å². The quantitative estimate of drug-likeness (QED) is 0.692. The van der Waals surface area contributed by atoms with Crippen molar-refractivity contribution in [3.63, 3.8) is 0 Å². The Kier molecular flexibility index (Phi) is 3.85. The van der Waals surface area contributed by atoms with Gasteiger partial charge in [0.1, 0.15) is 5.82 Å². The zero-order valence-corrected chi connectivity index (χ0v) is 12.0. The van der Waals surface area contributed by atoms with Gasteiger partial charge in [0.15, 0.2) is 0 Å². The number of hydrogen-bond donors (Lipinski definition) is 1. The molecule has 1 N–H and O–H groups in total. The molecule has 0 spiro atoms. The molecule has 0 bridgehead atoms. The number of carbonyl (C=O) groups is 2. The number of nitrogens with one attached hydrogen (secondary N) is 1. The number of carbonyl (C=O) groups excluding carboxylic acids is 2. The van der Waals surface area contributed by atoms with Gasteiger partial charge in [0.05, 0.1) is 16.3 Å². The maximum Gasteiger partial charge on any atom is 0.298 e.